The first-order valence-corrected chi connectivity index (χ1v) is 9.13. The Hall–Kier alpha value is -3.40. The van der Waals surface area contributed by atoms with Gasteiger partial charge in [-0.1, -0.05) is 23.3 Å². The zero-order valence-corrected chi connectivity index (χ0v) is 15.5. The van der Waals surface area contributed by atoms with E-state index in [0.29, 0.717) is 11.9 Å². The van der Waals surface area contributed by atoms with Gasteiger partial charge in [0.1, 0.15) is 0 Å². The Morgan fingerprint density at radius 2 is 1.75 bits per heavy atom. The zero-order valence-electron chi connectivity index (χ0n) is 15.5. The Labute approximate surface area is 162 Å². The molecule has 1 atom stereocenters. The Morgan fingerprint density at radius 3 is 2.46 bits per heavy atom. The molecule has 1 aliphatic heterocycles. The third-order valence-electron chi connectivity index (χ3n) is 4.78. The van der Waals surface area contributed by atoms with Crippen LogP contribution in [-0.4, -0.2) is 73.2 Å². The van der Waals surface area contributed by atoms with Gasteiger partial charge in [0, 0.05) is 38.6 Å². The summed E-state index contributed by atoms with van der Waals surface area (Å²) in [6.45, 7) is 4.80. The summed E-state index contributed by atoms with van der Waals surface area (Å²) in [5, 5.41) is 14.9. The molecule has 4 rings (SSSR count). The summed E-state index contributed by atoms with van der Waals surface area (Å²) in [5.74, 6) is 0.912. The number of nitrogens with zero attached hydrogens (tertiary/aromatic N) is 8. The van der Waals surface area contributed by atoms with E-state index in [0.717, 1.165) is 31.9 Å². The third-order valence-corrected chi connectivity index (χ3v) is 4.78. The highest BCUT2D eigenvalue weighted by Crippen LogP contribution is 2.18. The zero-order chi connectivity index (χ0) is 19.3. The SMILES string of the molecule is C[C@H](C(=O)Nc1ncccn1)N1CCN(c2nnnn2-c2ccccc2)CC1. The number of tetrazole rings is 1. The van der Waals surface area contributed by atoms with Crippen molar-refractivity contribution < 1.29 is 4.79 Å². The Balaban J connectivity index is 1.37. The number of nitrogens with one attached hydrogen (secondary N) is 1. The highest BCUT2D eigenvalue weighted by atomic mass is 16.2. The molecule has 1 amide bonds. The second-order valence-corrected chi connectivity index (χ2v) is 6.49. The molecule has 0 bridgehead atoms. The lowest BCUT2D eigenvalue weighted by Gasteiger charge is -2.37. The van der Waals surface area contributed by atoms with Gasteiger partial charge in [-0.25, -0.2) is 9.97 Å². The second-order valence-electron chi connectivity index (χ2n) is 6.49. The van der Waals surface area contributed by atoms with Gasteiger partial charge in [0.25, 0.3) is 0 Å². The van der Waals surface area contributed by atoms with Crippen LogP contribution in [0.2, 0.25) is 0 Å². The Kier molecular flexibility index (Phi) is 5.20. The quantitative estimate of drug-likeness (QED) is 0.687. The standard InChI is InChI=1S/C18H21N9O/c1-14(16(28)21-17-19-8-5-9-20-17)25-10-12-26(13-11-25)18-22-23-24-27(18)15-6-3-2-4-7-15/h2-9,14H,10-13H2,1H3,(H,19,20,21,28)/t14-/m1/s1. The number of anilines is 2. The molecule has 3 aromatic rings. The van der Waals surface area contributed by atoms with E-state index in [1.165, 1.54) is 0 Å². The number of hydrogen-bond donors (Lipinski definition) is 1. The van der Waals surface area contributed by atoms with Gasteiger partial charge >= 0.3 is 0 Å². The normalized spacial score (nSPS) is 16.0. The maximum atomic E-state index is 12.5. The first-order chi connectivity index (χ1) is 13.7. The van der Waals surface area contributed by atoms with Gasteiger partial charge in [-0.2, -0.15) is 4.68 Å². The second kappa shape index (κ2) is 8.09. The Morgan fingerprint density at radius 1 is 1.04 bits per heavy atom. The lowest BCUT2D eigenvalue weighted by atomic mass is 10.2. The highest BCUT2D eigenvalue weighted by molar-refractivity contribution is 5.93. The molecular formula is C18H21N9O. The molecule has 1 saturated heterocycles. The van der Waals surface area contributed by atoms with E-state index in [2.05, 4.69) is 40.6 Å². The van der Waals surface area contributed by atoms with Crippen LogP contribution in [0.15, 0.2) is 48.8 Å². The monoisotopic (exact) mass is 379 g/mol. The molecule has 0 aliphatic carbocycles. The van der Waals surface area contributed by atoms with Crippen molar-refractivity contribution in [2.75, 3.05) is 36.4 Å². The van der Waals surface area contributed by atoms with Crippen molar-refractivity contribution in [2.45, 2.75) is 13.0 Å². The molecule has 2 aromatic heterocycles. The molecule has 0 saturated carbocycles. The van der Waals surface area contributed by atoms with Crippen molar-refractivity contribution in [1.82, 2.24) is 35.1 Å². The van der Waals surface area contributed by atoms with Crippen LogP contribution in [0.25, 0.3) is 5.69 Å². The van der Waals surface area contributed by atoms with Gasteiger partial charge in [-0.3, -0.25) is 15.0 Å². The highest BCUT2D eigenvalue weighted by Gasteiger charge is 2.28. The minimum atomic E-state index is -0.281. The predicted molar refractivity (Wildman–Crippen MR) is 103 cm³/mol. The summed E-state index contributed by atoms with van der Waals surface area (Å²) in [4.78, 5) is 24.8. The number of rotatable bonds is 5. The fourth-order valence-electron chi connectivity index (χ4n) is 3.17. The van der Waals surface area contributed by atoms with E-state index in [9.17, 15) is 4.79 Å². The van der Waals surface area contributed by atoms with Crippen LogP contribution in [0.5, 0.6) is 0 Å². The number of amides is 1. The van der Waals surface area contributed by atoms with Crippen molar-refractivity contribution in [3.63, 3.8) is 0 Å². The fraction of sp³-hybridized carbons (Fsp3) is 0.333. The van der Waals surface area contributed by atoms with E-state index >= 15 is 0 Å². The number of piperazine rings is 1. The molecular weight excluding hydrogens is 358 g/mol. The summed E-state index contributed by atoms with van der Waals surface area (Å²) in [6.07, 6.45) is 3.20. The van der Waals surface area contributed by atoms with Gasteiger partial charge in [-0.05, 0) is 35.5 Å². The van der Waals surface area contributed by atoms with Gasteiger partial charge in [0.05, 0.1) is 11.7 Å². The number of para-hydroxylation sites is 1. The molecule has 3 heterocycles. The van der Waals surface area contributed by atoms with Gasteiger partial charge < -0.3 is 4.90 Å². The molecule has 0 unspecified atom stereocenters. The lowest BCUT2D eigenvalue weighted by Crippen LogP contribution is -2.53. The molecule has 0 spiro atoms. The minimum Gasteiger partial charge on any atom is -0.337 e. The fourth-order valence-corrected chi connectivity index (χ4v) is 3.17. The van der Waals surface area contributed by atoms with E-state index in [1.54, 1.807) is 23.1 Å². The number of aromatic nitrogens is 6. The molecule has 1 aliphatic rings. The molecule has 1 N–H and O–H groups in total. The van der Waals surface area contributed by atoms with Crippen molar-refractivity contribution in [3.05, 3.63) is 48.8 Å². The minimum absolute atomic E-state index is 0.117. The average molecular weight is 379 g/mol. The van der Waals surface area contributed by atoms with Crippen LogP contribution in [0, 0.1) is 0 Å². The lowest BCUT2D eigenvalue weighted by molar-refractivity contribution is -0.120. The van der Waals surface area contributed by atoms with Gasteiger partial charge in [-0.15, -0.1) is 0 Å². The van der Waals surface area contributed by atoms with Crippen LogP contribution in [0.4, 0.5) is 11.9 Å². The molecule has 10 nitrogen and oxygen atoms in total. The molecule has 1 fully saturated rings. The topological polar surface area (TPSA) is 105 Å². The van der Waals surface area contributed by atoms with Gasteiger partial charge in [0.2, 0.25) is 17.8 Å². The summed E-state index contributed by atoms with van der Waals surface area (Å²) in [7, 11) is 0. The number of benzene rings is 1. The molecule has 144 valence electrons. The van der Waals surface area contributed by atoms with Crippen molar-refractivity contribution in [1.29, 1.82) is 0 Å². The average Bonchev–Trinajstić information content (AvgIpc) is 3.24. The first kappa shape index (κ1) is 18.0. The van der Waals surface area contributed by atoms with E-state index < -0.39 is 0 Å². The number of carbonyl (C=O) groups is 1. The van der Waals surface area contributed by atoms with Crippen LogP contribution < -0.4 is 10.2 Å². The summed E-state index contributed by atoms with van der Waals surface area (Å²) in [5.41, 5.74) is 0.917. The summed E-state index contributed by atoms with van der Waals surface area (Å²) < 4.78 is 1.73. The first-order valence-electron chi connectivity index (χ1n) is 9.13. The molecule has 1 aromatic carbocycles. The maximum Gasteiger partial charge on any atom is 0.250 e. The van der Waals surface area contributed by atoms with E-state index in [-0.39, 0.29) is 11.9 Å². The molecule has 0 radical (unpaired) electrons. The summed E-state index contributed by atoms with van der Waals surface area (Å²) in [6, 6.07) is 11.2. The van der Waals surface area contributed by atoms with E-state index in [1.807, 2.05) is 37.3 Å². The van der Waals surface area contributed by atoms with Crippen LogP contribution in [0.1, 0.15) is 6.92 Å². The van der Waals surface area contributed by atoms with Gasteiger partial charge in [0.15, 0.2) is 0 Å². The summed E-state index contributed by atoms with van der Waals surface area (Å²) >= 11 is 0. The number of carbonyl (C=O) groups excluding carboxylic acids is 1. The van der Waals surface area contributed by atoms with Crippen molar-refractivity contribution >= 4 is 17.8 Å². The maximum absolute atomic E-state index is 12.5. The van der Waals surface area contributed by atoms with E-state index in [4.69, 9.17) is 0 Å². The van der Waals surface area contributed by atoms with Crippen LogP contribution >= 0.6 is 0 Å². The third kappa shape index (κ3) is 3.81. The molecule has 28 heavy (non-hydrogen) atoms. The van der Waals surface area contributed by atoms with Crippen LogP contribution in [-0.2, 0) is 4.79 Å². The Bertz CT molecular complexity index is 907. The van der Waals surface area contributed by atoms with Crippen LogP contribution in [0.3, 0.4) is 0 Å². The molecule has 10 heteroatoms. The predicted octanol–water partition coefficient (Wildman–Crippen LogP) is 0.602. The largest absolute Gasteiger partial charge is 0.337 e. The number of hydrogen-bond acceptors (Lipinski definition) is 8. The van der Waals surface area contributed by atoms with Crippen molar-refractivity contribution in [3.8, 4) is 5.69 Å². The van der Waals surface area contributed by atoms with Crippen molar-refractivity contribution in [2.24, 2.45) is 0 Å². The smallest absolute Gasteiger partial charge is 0.250 e.